The molecule has 5 rings (SSSR count). The number of nitrogen functional groups attached to an aromatic ring is 1. The second kappa shape index (κ2) is 9.13. The predicted molar refractivity (Wildman–Crippen MR) is 117 cm³/mol. The number of nitrogens with zero attached hydrogens (tertiary/aromatic N) is 4. The van der Waals surface area contributed by atoms with Crippen LogP contribution in [0.4, 0.5) is 29.1 Å². The van der Waals surface area contributed by atoms with Gasteiger partial charge in [-0.25, -0.2) is 24.3 Å². The molecule has 34 heavy (non-hydrogen) atoms. The van der Waals surface area contributed by atoms with Gasteiger partial charge in [0.25, 0.3) is 5.56 Å². The molecule has 0 bridgehead atoms. The van der Waals surface area contributed by atoms with Crippen molar-refractivity contribution >= 4 is 33.6 Å². The van der Waals surface area contributed by atoms with Crippen molar-refractivity contribution in [3.63, 3.8) is 0 Å². The minimum absolute atomic E-state index is 0.0326. The third-order valence-electron chi connectivity index (χ3n) is 4.60. The Morgan fingerprint density at radius 3 is 2.50 bits per heavy atom. The second-order valence-electron chi connectivity index (χ2n) is 6.94. The number of alkyl halides is 3. The van der Waals surface area contributed by atoms with E-state index >= 15 is 0 Å². The van der Waals surface area contributed by atoms with Gasteiger partial charge < -0.3 is 21.0 Å². The van der Waals surface area contributed by atoms with Gasteiger partial charge in [-0.2, -0.15) is 13.2 Å². The summed E-state index contributed by atoms with van der Waals surface area (Å²) in [6.07, 6.45) is -1.86. The molecule has 5 aromatic rings. The molecule has 0 spiro atoms. The molecule has 0 amide bonds. The van der Waals surface area contributed by atoms with Gasteiger partial charge in [-0.1, -0.05) is 6.07 Å². The lowest BCUT2D eigenvalue weighted by molar-refractivity contribution is -0.136. The van der Waals surface area contributed by atoms with Crippen LogP contribution in [-0.4, -0.2) is 29.9 Å². The van der Waals surface area contributed by atoms with E-state index in [0.717, 1.165) is 6.07 Å². The molecule has 9 nitrogen and oxygen atoms in total. The fraction of sp³-hybridized carbons (Fsp3) is 0.0952. The number of nitrogens with one attached hydrogen (secondary N) is 3. The summed E-state index contributed by atoms with van der Waals surface area (Å²) in [5.41, 5.74) is 4.97. The first-order chi connectivity index (χ1) is 16.2. The summed E-state index contributed by atoms with van der Waals surface area (Å²) in [6, 6.07) is 9.14. The molecule has 2 aromatic carbocycles. The Morgan fingerprint density at radius 1 is 1.03 bits per heavy atom. The summed E-state index contributed by atoms with van der Waals surface area (Å²) in [5, 5.41) is 2.47. The maximum Gasteiger partial charge on any atom is 0.417 e. The number of hydrogen-bond acceptors (Lipinski definition) is 7. The lowest BCUT2D eigenvalue weighted by Crippen LogP contribution is -2.18. The number of aromatic amines is 2. The molecule has 0 saturated heterocycles. The molecule has 174 valence electrons. The van der Waals surface area contributed by atoms with Crippen molar-refractivity contribution in [2.75, 3.05) is 11.1 Å². The zero-order chi connectivity index (χ0) is 24.3. The number of aromatic nitrogens is 6. The van der Waals surface area contributed by atoms with E-state index in [4.69, 9.17) is 5.73 Å². The molecular formula is C21H16F4N8O. The zero-order valence-corrected chi connectivity index (χ0v) is 17.2. The van der Waals surface area contributed by atoms with Gasteiger partial charge in [0.05, 0.1) is 29.3 Å². The number of halogens is 4. The standard InChI is InChI=1S/C15H10F3N7O.C6H6FN/c16-15(17,18)7-2-1-3-8-10(7)14(26)25-9(24-8)4-19-12-11-13(21-5-20-11)23-6-22-12;7-5-1-3-6(8)4-2-5/h1-3,5-6H,4H2,(H,24,25,26)(H2,19,20,21,22,23);1-4H,8H2. The number of hydrogen-bond donors (Lipinski definition) is 4. The molecule has 0 saturated carbocycles. The molecule has 0 radical (unpaired) electrons. The lowest BCUT2D eigenvalue weighted by atomic mass is 10.1. The quantitative estimate of drug-likeness (QED) is 0.232. The van der Waals surface area contributed by atoms with E-state index in [1.165, 1.54) is 49.1 Å². The van der Waals surface area contributed by atoms with Crippen LogP contribution in [0, 0.1) is 5.82 Å². The van der Waals surface area contributed by atoms with E-state index < -0.39 is 22.7 Å². The summed E-state index contributed by atoms with van der Waals surface area (Å²) in [5.74, 6) is 0.353. The summed E-state index contributed by atoms with van der Waals surface area (Å²) in [6.45, 7) is 0.0482. The van der Waals surface area contributed by atoms with Gasteiger partial charge in [0, 0.05) is 5.69 Å². The minimum Gasteiger partial charge on any atom is -0.399 e. The molecule has 5 N–H and O–H groups in total. The Balaban J connectivity index is 0.000000291. The van der Waals surface area contributed by atoms with Crippen LogP contribution in [0.3, 0.4) is 0 Å². The number of fused-ring (bicyclic) bond motifs is 2. The average Bonchev–Trinajstić information content (AvgIpc) is 3.29. The molecule has 0 atom stereocenters. The van der Waals surface area contributed by atoms with Crippen LogP contribution in [0.25, 0.3) is 22.1 Å². The molecule has 0 aliphatic rings. The normalized spacial score (nSPS) is 11.3. The molecule has 0 fully saturated rings. The van der Waals surface area contributed by atoms with Gasteiger partial charge in [-0.05, 0) is 36.4 Å². The molecule has 0 aliphatic carbocycles. The largest absolute Gasteiger partial charge is 0.417 e. The van der Waals surface area contributed by atoms with Crippen LogP contribution < -0.4 is 16.6 Å². The number of nitrogens with two attached hydrogens (primary N) is 1. The van der Waals surface area contributed by atoms with Crippen molar-refractivity contribution in [2.24, 2.45) is 0 Å². The van der Waals surface area contributed by atoms with Gasteiger partial charge in [-0.15, -0.1) is 0 Å². The van der Waals surface area contributed by atoms with E-state index in [0.29, 0.717) is 22.7 Å². The molecule has 3 aromatic heterocycles. The van der Waals surface area contributed by atoms with Crippen LogP contribution in [0.1, 0.15) is 11.4 Å². The number of anilines is 2. The molecule has 0 unspecified atom stereocenters. The molecule has 13 heteroatoms. The lowest BCUT2D eigenvalue weighted by Gasteiger charge is -2.10. The van der Waals surface area contributed by atoms with E-state index in [9.17, 15) is 22.4 Å². The highest BCUT2D eigenvalue weighted by Crippen LogP contribution is 2.32. The van der Waals surface area contributed by atoms with Crippen LogP contribution in [0.5, 0.6) is 0 Å². The Hall–Kier alpha value is -4.55. The third kappa shape index (κ3) is 4.92. The number of H-pyrrole nitrogens is 2. The van der Waals surface area contributed by atoms with E-state index in [1.54, 1.807) is 0 Å². The number of benzene rings is 2. The summed E-state index contributed by atoms with van der Waals surface area (Å²) in [7, 11) is 0. The number of imidazole rings is 1. The molecular weight excluding hydrogens is 456 g/mol. The van der Waals surface area contributed by atoms with E-state index in [-0.39, 0.29) is 23.7 Å². The highest BCUT2D eigenvalue weighted by molar-refractivity contribution is 5.83. The van der Waals surface area contributed by atoms with Crippen molar-refractivity contribution < 1.29 is 17.6 Å². The van der Waals surface area contributed by atoms with Crippen LogP contribution in [0.2, 0.25) is 0 Å². The van der Waals surface area contributed by atoms with Crippen molar-refractivity contribution in [1.29, 1.82) is 0 Å². The van der Waals surface area contributed by atoms with Crippen LogP contribution in [-0.2, 0) is 12.7 Å². The molecule has 0 aliphatic heterocycles. The minimum atomic E-state index is -4.64. The highest BCUT2D eigenvalue weighted by atomic mass is 19.4. The van der Waals surface area contributed by atoms with Gasteiger partial charge in [-0.3, -0.25) is 4.79 Å². The summed E-state index contributed by atoms with van der Waals surface area (Å²) < 4.78 is 51.2. The smallest absolute Gasteiger partial charge is 0.399 e. The SMILES string of the molecule is Nc1ccc(F)cc1.O=c1[nH]c(CNc2ncnc3nc[nH]c23)nc2cccc(C(F)(F)F)c12. The Labute approximate surface area is 188 Å². The van der Waals surface area contributed by atoms with Crippen molar-refractivity contribution in [1.82, 2.24) is 29.9 Å². The van der Waals surface area contributed by atoms with Gasteiger partial charge in [0.2, 0.25) is 0 Å². The van der Waals surface area contributed by atoms with Crippen LogP contribution >= 0.6 is 0 Å². The third-order valence-corrected chi connectivity index (χ3v) is 4.60. The average molecular weight is 472 g/mol. The van der Waals surface area contributed by atoms with Gasteiger partial charge in [0.15, 0.2) is 11.5 Å². The van der Waals surface area contributed by atoms with Crippen molar-refractivity contribution in [2.45, 2.75) is 12.7 Å². The van der Waals surface area contributed by atoms with E-state index in [1.807, 2.05) is 0 Å². The van der Waals surface area contributed by atoms with Gasteiger partial charge >= 0.3 is 6.18 Å². The maximum absolute atomic E-state index is 13.1. The number of rotatable bonds is 3. The van der Waals surface area contributed by atoms with Crippen molar-refractivity contribution in [3.8, 4) is 0 Å². The topological polar surface area (TPSA) is 138 Å². The molecule has 3 heterocycles. The maximum atomic E-state index is 13.1. The van der Waals surface area contributed by atoms with Gasteiger partial charge in [0.1, 0.15) is 23.5 Å². The monoisotopic (exact) mass is 472 g/mol. The highest BCUT2D eigenvalue weighted by Gasteiger charge is 2.33. The Bertz CT molecular complexity index is 1470. The van der Waals surface area contributed by atoms with Crippen molar-refractivity contribution in [3.05, 3.63) is 82.7 Å². The van der Waals surface area contributed by atoms with E-state index in [2.05, 4.69) is 35.2 Å². The second-order valence-corrected chi connectivity index (χ2v) is 6.94. The summed E-state index contributed by atoms with van der Waals surface area (Å²) in [4.78, 5) is 33.6. The fourth-order valence-corrected chi connectivity index (χ4v) is 3.09. The zero-order valence-electron chi connectivity index (χ0n) is 17.2. The fourth-order valence-electron chi connectivity index (χ4n) is 3.09. The first-order valence-electron chi connectivity index (χ1n) is 9.70. The summed E-state index contributed by atoms with van der Waals surface area (Å²) >= 11 is 0. The predicted octanol–water partition coefficient (Wildman–Crippen LogP) is 3.63. The van der Waals surface area contributed by atoms with Crippen LogP contribution in [0.15, 0.2) is 59.9 Å². The Morgan fingerprint density at radius 2 is 1.79 bits per heavy atom. The Kier molecular flexibility index (Phi) is 6.08. The first kappa shape index (κ1) is 22.6. The first-order valence-corrected chi connectivity index (χ1v) is 9.70.